The Morgan fingerprint density at radius 3 is 2.92 bits per heavy atom. The third-order valence-electron chi connectivity index (χ3n) is 2.99. The molecule has 1 aliphatic carbocycles. The van der Waals surface area contributed by atoms with Gasteiger partial charge in [-0.15, -0.1) is 0 Å². The standard InChI is InChI=1S/C11H21NO/c1-2-3-4-5-7-10-8-6-9-11(10)12-13/h10,13H,2-9H2,1H3/b12-11-. The van der Waals surface area contributed by atoms with Gasteiger partial charge in [0, 0.05) is 5.92 Å². The minimum atomic E-state index is 0.599. The van der Waals surface area contributed by atoms with E-state index in [1.807, 2.05) is 0 Å². The quantitative estimate of drug-likeness (QED) is 0.394. The molecule has 0 aliphatic heterocycles. The van der Waals surface area contributed by atoms with Crippen molar-refractivity contribution in [2.24, 2.45) is 11.1 Å². The Balaban J connectivity index is 2.13. The molecule has 76 valence electrons. The minimum Gasteiger partial charge on any atom is -0.411 e. The summed E-state index contributed by atoms with van der Waals surface area (Å²) in [5, 5.41) is 12.1. The molecule has 0 radical (unpaired) electrons. The highest BCUT2D eigenvalue weighted by Crippen LogP contribution is 2.27. The first-order valence-electron chi connectivity index (χ1n) is 5.59. The number of oxime groups is 1. The Morgan fingerprint density at radius 1 is 1.38 bits per heavy atom. The summed E-state index contributed by atoms with van der Waals surface area (Å²) in [6, 6.07) is 0. The molecule has 0 saturated heterocycles. The summed E-state index contributed by atoms with van der Waals surface area (Å²) >= 11 is 0. The summed E-state index contributed by atoms with van der Waals surface area (Å²) in [4.78, 5) is 0. The highest BCUT2D eigenvalue weighted by molar-refractivity contribution is 5.87. The predicted molar refractivity (Wildman–Crippen MR) is 55.3 cm³/mol. The molecule has 0 amide bonds. The summed E-state index contributed by atoms with van der Waals surface area (Å²) < 4.78 is 0. The van der Waals surface area contributed by atoms with E-state index in [4.69, 9.17) is 5.21 Å². The van der Waals surface area contributed by atoms with Gasteiger partial charge in [-0.3, -0.25) is 0 Å². The van der Waals surface area contributed by atoms with Gasteiger partial charge in [0.05, 0.1) is 5.71 Å². The molecule has 0 aromatic heterocycles. The van der Waals surface area contributed by atoms with Crippen LogP contribution in [0, 0.1) is 5.92 Å². The molecule has 2 nitrogen and oxygen atoms in total. The van der Waals surface area contributed by atoms with Crippen molar-refractivity contribution in [2.75, 3.05) is 0 Å². The van der Waals surface area contributed by atoms with E-state index in [0.29, 0.717) is 5.92 Å². The van der Waals surface area contributed by atoms with Crippen LogP contribution in [-0.2, 0) is 0 Å². The van der Waals surface area contributed by atoms with Gasteiger partial charge >= 0.3 is 0 Å². The first kappa shape index (κ1) is 10.6. The van der Waals surface area contributed by atoms with Crippen molar-refractivity contribution in [1.82, 2.24) is 0 Å². The lowest BCUT2D eigenvalue weighted by atomic mass is 9.98. The molecule has 0 heterocycles. The fourth-order valence-electron chi connectivity index (χ4n) is 2.16. The molecule has 1 fully saturated rings. The van der Waals surface area contributed by atoms with E-state index in [1.165, 1.54) is 44.9 Å². The summed E-state index contributed by atoms with van der Waals surface area (Å²) in [6.45, 7) is 2.23. The highest BCUT2D eigenvalue weighted by atomic mass is 16.4. The number of rotatable bonds is 5. The van der Waals surface area contributed by atoms with Crippen molar-refractivity contribution in [3.8, 4) is 0 Å². The van der Waals surface area contributed by atoms with E-state index in [2.05, 4.69) is 12.1 Å². The number of hydrogen-bond acceptors (Lipinski definition) is 2. The predicted octanol–water partition coefficient (Wildman–Crippen LogP) is 3.59. The van der Waals surface area contributed by atoms with Crippen LogP contribution in [0.15, 0.2) is 5.16 Å². The van der Waals surface area contributed by atoms with Crippen LogP contribution < -0.4 is 0 Å². The third kappa shape index (κ3) is 3.37. The van der Waals surface area contributed by atoms with Crippen LogP contribution in [0.25, 0.3) is 0 Å². The Labute approximate surface area is 81.0 Å². The average Bonchev–Trinajstić information content (AvgIpc) is 2.60. The maximum atomic E-state index is 8.73. The molecule has 1 saturated carbocycles. The average molecular weight is 183 g/mol. The van der Waals surface area contributed by atoms with Crippen molar-refractivity contribution in [3.63, 3.8) is 0 Å². The van der Waals surface area contributed by atoms with E-state index in [9.17, 15) is 0 Å². The van der Waals surface area contributed by atoms with E-state index in [-0.39, 0.29) is 0 Å². The molecule has 1 aliphatic rings. The summed E-state index contributed by atoms with van der Waals surface area (Å²) in [5.74, 6) is 0.599. The van der Waals surface area contributed by atoms with Crippen molar-refractivity contribution < 1.29 is 5.21 Å². The third-order valence-corrected chi connectivity index (χ3v) is 2.99. The Morgan fingerprint density at radius 2 is 2.23 bits per heavy atom. The number of hydrogen-bond donors (Lipinski definition) is 1. The van der Waals surface area contributed by atoms with Crippen molar-refractivity contribution in [1.29, 1.82) is 0 Å². The van der Waals surface area contributed by atoms with Crippen LogP contribution >= 0.6 is 0 Å². The normalized spacial score (nSPS) is 25.6. The van der Waals surface area contributed by atoms with E-state index in [1.54, 1.807) is 0 Å². The van der Waals surface area contributed by atoms with Crippen LogP contribution in [-0.4, -0.2) is 10.9 Å². The second kappa shape index (κ2) is 6.01. The van der Waals surface area contributed by atoms with Gasteiger partial charge in [0.15, 0.2) is 0 Å². The molecule has 0 bridgehead atoms. The van der Waals surface area contributed by atoms with Crippen LogP contribution in [0.4, 0.5) is 0 Å². The number of unbranched alkanes of at least 4 members (excludes halogenated alkanes) is 3. The van der Waals surface area contributed by atoms with E-state index < -0.39 is 0 Å². The molecule has 2 heteroatoms. The Kier molecular flexibility index (Phi) is 4.87. The molecule has 0 aromatic rings. The summed E-state index contributed by atoms with van der Waals surface area (Å²) in [6.07, 6.45) is 10.0. The van der Waals surface area contributed by atoms with Crippen LogP contribution in [0.3, 0.4) is 0 Å². The Hall–Kier alpha value is -0.530. The topological polar surface area (TPSA) is 32.6 Å². The van der Waals surface area contributed by atoms with Gasteiger partial charge in [-0.2, -0.15) is 0 Å². The van der Waals surface area contributed by atoms with Crippen molar-refractivity contribution >= 4 is 5.71 Å². The zero-order chi connectivity index (χ0) is 9.52. The Bertz CT molecular complexity index is 165. The zero-order valence-electron chi connectivity index (χ0n) is 8.63. The highest BCUT2D eigenvalue weighted by Gasteiger charge is 2.22. The van der Waals surface area contributed by atoms with Crippen LogP contribution in [0.2, 0.25) is 0 Å². The fourth-order valence-corrected chi connectivity index (χ4v) is 2.16. The summed E-state index contributed by atoms with van der Waals surface area (Å²) in [5.41, 5.74) is 1.05. The maximum absolute atomic E-state index is 8.73. The largest absolute Gasteiger partial charge is 0.411 e. The van der Waals surface area contributed by atoms with E-state index in [0.717, 1.165) is 12.1 Å². The van der Waals surface area contributed by atoms with Gasteiger partial charge in [0.2, 0.25) is 0 Å². The van der Waals surface area contributed by atoms with Gasteiger partial charge in [-0.25, -0.2) is 0 Å². The first-order chi connectivity index (χ1) is 6.38. The van der Waals surface area contributed by atoms with Gasteiger partial charge in [-0.1, -0.05) is 37.8 Å². The molecular formula is C11H21NO. The minimum absolute atomic E-state index is 0.599. The summed E-state index contributed by atoms with van der Waals surface area (Å²) in [7, 11) is 0. The lowest BCUT2D eigenvalue weighted by Gasteiger charge is -2.08. The molecule has 13 heavy (non-hydrogen) atoms. The molecule has 1 N–H and O–H groups in total. The maximum Gasteiger partial charge on any atom is 0.0601 e. The monoisotopic (exact) mass is 183 g/mol. The van der Waals surface area contributed by atoms with Gasteiger partial charge < -0.3 is 5.21 Å². The van der Waals surface area contributed by atoms with Crippen LogP contribution in [0.1, 0.15) is 58.3 Å². The second-order valence-electron chi connectivity index (χ2n) is 4.03. The molecular weight excluding hydrogens is 162 g/mol. The van der Waals surface area contributed by atoms with Crippen molar-refractivity contribution in [2.45, 2.75) is 58.3 Å². The number of nitrogens with zero attached hydrogens (tertiary/aromatic N) is 1. The first-order valence-corrected chi connectivity index (χ1v) is 5.59. The van der Waals surface area contributed by atoms with Gasteiger partial charge in [0.25, 0.3) is 0 Å². The zero-order valence-corrected chi connectivity index (χ0v) is 8.63. The van der Waals surface area contributed by atoms with Gasteiger partial charge in [-0.05, 0) is 25.7 Å². The fraction of sp³-hybridized carbons (Fsp3) is 0.909. The molecule has 0 aromatic carbocycles. The molecule has 1 atom stereocenters. The SMILES string of the molecule is CCCCCCC1CCC/C1=N/O. The molecule has 1 unspecified atom stereocenters. The lowest BCUT2D eigenvalue weighted by molar-refractivity contribution is 0.314. The molecule has 0 spiro atoms. The second-order valence-corrected chi connectivity index (χ2v) is 4.03. The lowest BCUT2D eigenvalue weighted by Crippen LogP contribution is -2.06. The van der Waals surface area contributed by atoms with Gasteiger partial charge in [0.1, 0.15) is 0 Å². The smallest absolute Gasteiger partial charge is 0.0601 e. The van der Waals surface area contributed by atoms with E-state index >= 15 is 0 Å². The molecule has 1 rings (SSSR count). The van der Waals surface area contributed by atoms with Crippen LogP contribution in [0.5, 0.6) is 0 Å². The van der Waals surface area contributed by atoms with Crippen molar-refractivity contribution in [3.05, 3.63) is 0 Å².